The molecule has 2 rings (SSSR count). The zero-order valence-corrected chi connectivity index (χ0v) is 9.34. The molecule has 0 unspecified atom stereocenters. The van der Waals surface area contributed by atoms with Gasteiger partial charge in [-0.3, -0.25) is 4.68 Å². The highest BCUT2D eigenvalue weighted by Crippen LogP contribution is 2.23. The topological polar surface area (TPSA) is 30.7 Å². The first kappa shape index (κ1) is 9.19. The molecule has 0 bridgehead atoms. The number of hydrogen-bond donors (Lipinski definition) is 0. The minimum Gasteiger partial charge on any atom is -0.250 e. The molecule has 0 aliphatic rings. The van der Waals surface area contributed by atoms with Gasteiger partial charge in [0.15, 0.2) is 5.65 Å². The van der Waals surface area contributed by atoms with Gasteiger partial charge in [-0.15, -0.1) is 0 Å². The van der Waals surface area contributed by atoms with Gasteiger partial charge in [0.25, 0.3) is 0 Å². The first-order valence-corrected chi connectivity index (χ1v) is 4.79. The lowest BCUT2D eigenvalue weighted by Gasteiger charge is -2.05. The molecule has 0 saturated heterocycles. The zero-order chi connectivity index (χ0) is 10.5. The van der Waals surface area contributed by atoms with Crippen molar-refractivity contribution in [3.05, 3.63) is 22.5 Å². The largest absolute Gasteiger partial charge is 0.250 e. The minimum absolute atomic E-state index is 0.989. The molecule has 0 aromatic carbocycles. The molecule has 0 amide bonds. The summed E-state index contributed by atoms with van der Waals surface area (Å²) in [5.74, 6) is 0. The third-order valence-corrected chi connectivity index (χ3v) is 2.95. The highest BCUT2D eigenvalue weighted by molar-refractivity contribution is 5.83. The Bertz CT molecular complexity index is 509. The van der Waals surface area contributed by atoms with E-state index < -0.39 is 0 Å². The maximum absolute atomic E-state index is 4.56. The van der Waals surface area contributed by atoms with Crippen molar-refractivity contribution in [2.45, 2.75) is 27.7 Å². The van der Waals surface area contributed by atoms with E-state index in [1.807, 2.05) is 25.6 Å². The second-order valence-corrected chi connectivity index (χ2v) is 3.85. The van der Waals surface area contributed by atoms with Crippen molar-refractivity contribution >= 4 is 11.0 Å². The first-order chi connectivity index (χ1) is 6.52. The van der Waals surface area contributed by atoms with Crippen molar-refractivity contribution in [3.8, 4) is 0 Å². The van der Waals surface area contributed by atoms with E-state index in [-0.39, 0.29) is 0 Å². The van der Waals surface area contributed by atoms with Gasteiger partial charge in [-0.25, -0.2) is 4.98 Å². The Morgan fingerprint density at radius 2 is 1.57 bits per heavy atom. The van der Waals surface area contributed by atoms with Gasteiger partial charge in [0.2, 0.25) is 0 Å². The summed E-state index contributed by atoms with van der Waals surface area (Å²) in [4.78, 5) is 4.56. The fourth-order valence-electron chi connectivity index (χ4n) is 1.91. The lowest BCUT2D eigenvalue weighted by Crippen LogP contribution is -1.96. The summed E-state index contributed by atoms with van der Waals surface area (Å²) in [5, 5.41) is 5.59. The third-order valence-electron chi connectivity index (χ3n) is 2.95. The molecule has 0 radical (unpaired) electrons. The number of pyridine rings is 1. The van der Waals surface area contributed by atoms with Crippen LogP contribution in [-0.2, 0) is 7.05 Å². The molecule has 0 fully saturated rings. The molecule has 0 spiro atoms. The predicted octanol–water partition coefficient (Wildman–Crippen LogP) is 2.20. The van der Waals surface area contributed by atoms with Gasteiger partial charge in [-0.1, -0.05) is 0 Å². The SMILES string of the molecule is Cc1nc2c(c(C)nn2C)c(C)c1C. The van der Waals surface area contributed by atoms with Crippen molar-refractivity contribution in [1.82, 2.24) is 14.8 Å². The van der Waals surface area contributed by atoms with Crippen molar-refractivity contribution in [2.75, 3.05) is 0 Å². The van der Waals surface area contributed by atoms with Crippen LogP contribution < -0.4 is 0 Å². The van der Waals surface area contributed by atoms with Crippen LogP contribution in [0.25, 0.3) is 11.0 Å². The number of aromatic nitrogens is 3. The lowest BCUT2D eigenvalue weighted by atomic mass is 10.1. The van der Waals surface area contributed by atoms with Gasteiger partial charge < -0.3 is 0 Å². The second-order valence-electron chi connectivity index (χ2n) is 3.85. The standard InChI is InChI=1S/C11H15N3/c1-6-7(2)10-9(4)13-14(5)11(10)12-8(6)3/h1-5H3. The maximum Gasteiger partial charge on any atom is 0.158 e. The van der Waals surface area contributed by atoms with Crippen LogP contribution in [0.15, 0.2) is 0 Å². The lowest BCUT2D eigenvalue weighted by molar-refractivity contribution is 0.772. The van der Waals surface area contributed by atoms with Gasteiger partial charge in [-0.05, 0) is 38.8 Å². The molecule has 2 aromatic heterocycles. The summed E-state index contributed by atoms with van der Waals surface area (Å²) in [5.41, 5.74) is 5.73. The molecule has 2 aromatic rings. The summed E-state index contributed by atoms with van der Waals surface area (Å²) in [6.07, 6.45) is 0. The Morgan fingerprint density at radius 1 is 0.929 bits per heavy atom. The number of nitrogens with zero attached hydrogens (tertiary/aromatic N) is 3. The number of rotatable bonds is 0. The van der Waals surface area contributed by atoms with Crippen molar-refractivity contribution in [3.63, 3.8) is 0 Å². The molecule has 2 heterocycles. The Morgan fingerprint density at radius 3 is 2.21 bits per heavy atom. The number of hydrogen-bond acceptors (Lipinski definition) is 2. The smallest absolute Gasteiger partial charge is 0.158 e. The molecule has 0 aliphatic heterocycles. The van der Waals surface area contributed by atoms with E-state index in [1.165, 1.54) is 16.5 Å². The average Bonchev–Trinajstić information content (AvgIpc) is 2.38. The molecular formula is C11H15N3. The molecule has 0 aliphatic carbocycles. The van der Waals surface area contributed by atoms with Crippen LogP contribution in [-0.4, -0.2) is 14.8 Å². The Hall–Kier alpha value is -1.38. The van der Waals surface area contributed by atoms with E-state index >= 15 is 0 Å². The van der Waals surface area contributed by atoms with Crippen LogP contribution in [0.4, 0.5) is 0 Å². The molecule has 0 saturated carbocycles. The van der Waals surface area contributed by atoms with E-state index in [2.05, 4.69) is 23.9 Å². The van der Waals surface area contributed by atoms with E-state index in [4.69, 9.17) is 0 Å². The quantitative estimate of drug-likeness (QED) is 0.636. The summed E-state index contributed by atoms with van der Waals surface area (Å²) in [6.45, 7) is 8.33. The molecule has 0 atom stereocenters. The molecule has 0 N–H and O–H groups in total. The highest BCUT2D eigenvalue weighted by Gasteiger charge is 2.12. The van der Waals surface area contributed by atoms with Gasteiger partial charge in [0.1, 0.15) is 0 Å². The van der Waals surface area contributed by atoms with E-state index in [0.717, 1.165) is 17.0 Å². The fourth-order valence-corrected chi connectivity index (χ4v) is 1.91. The van der Waals surface area contributed by atoms with Crippen molar-refractivity contribution in [1.29, 1.82) is 0 Å². The van der Waals surface area contributed by atoms with Gasteiger partial charge in [0, 0.05) is 18.1 Å². The maximum atomic E-state index is 4.56. The van der Waals surface area contributed by atoms with E-state index in [0.29, 0.717) is 0 Å². The normalized spacial score (nSPS) is 11.2. The molecular weight excluding hydrogens is 174 g/mol. The Labute approximate surface area is 83.8 Å². The molecule has 14 heavy (non-hydrogen) atoms. The minimum atomic E-state index is 0.989. The summed E-state index contributed by atoms with van der Waals surface area (Å²) in [6, 6.07) is 0. The van der Waals surface area contributed by atoms with E-state index in [9.17, 15) is 0 Å². The van der Waals surface area contributed by atoms with Gasteiger partial charge in [-0.2, -0.15) is 5.10 Å². The van der Waals surface area contributed by atoms with Crippen LogP contribution >= 0.6 is 0 Å². The summed E-state index contributed by atoms with van der Waals surface area (Å²) >= 11 is 0. The zero-order valence-electron chi connectivity index (χ0n) is 9.34. The van der Waals surface area contributed by atoms with Gasteiger partial charge >= 0.3 is 0 Å². The summed E-state index contributed by atoms with van der Waals surface area (Å²) < 4.78 is 1.85. The number of aryl methyl sites for hydroxylation is 4. The van der Waals surface area contributed by atoms with Crippen molar-refractivity contribution in [2.24, 2.45) is 7.05 Å². The van der Waals surface area contributed by atoms with Crippen LogP contribution in [0, 0.1) is 27.7 Å². The average molecular weight is 189 g/mol. The fraction of sp³-hybridized carbons (Fsp3) is 0.455. The highest BCUT2D eigenvalue weighted by atomic mass is 15.3. The van der Waals surface area contributed by atoms with Crippen LogP contribution in [0.3, 0.4) is 0 Å². The predicted molar refractivity (Wildman–Crippen MR) is 57.5 cm³/mol. The van der Waals surface area contributed by atoms with Crippen LogP contribution in [0.5, 0.6) is 0 Å². The van der Waals surface area contributed by atoms with Crippen LogP contribution in [0.1, 0.15) is 22.5 Å². The first-order valence-electron chi connectivity index (χ1n) is 4.79. The van der Waals surface area contributed by atoms with E-state index in [1.54, 1.807) is 0 Å². The number of fused-ring (bicyclic) bond motifs is 1. The van der Waals surface area contributed by atoms with Crippen molar-refractivity contribution < 1.29 is 0 Å². The Balaban J connectivity index is 3.01. The molecule has 3 nitrogen and oxygen atoms in total. The van der Waals surface area contributed by atoms with Crippen LogP contribution in [0.2, 0.25) is 0 Å². The summed E-state index contributed by atoms with van der Waals surface area (Å²) in [7, 11) is 1.94. The molecule has 3 heteroatoms. The second kappa shape index (κ2) is 2.80. The molecule has 74 valence electrons. The monoisotopic (exact) mass is 189 g/mol. The Kier molecular flexibility index (Phi) is 1.84. The third kappa shape index (κ3) is 1.05. The van der Waals surface area contributed by atoms with Gasteiger partial charge in [0.05, 0.1) is 5.69 Å².